The number of carbonyl (C=O) groups is 4. The van der Waals surface area contributed by atoms with E-state index in [0.29, 0.717) is 17.2 Å². The Labute approximate surface area is 262 Å². The lowest BCUT2D eigenvalue weighted by atomic mass is 9.89. The number of rotatable bonds is 13. The average Bonchev–Trinajstić information content (AvgIpc) is 2.96. The number of hydrogen-bond acceptors (Lipinski definition) is 11. The van der Waals surface area contributed by atoms with E-state index >= 15 is 0 Å². The molecule has 0 radical (unpaired) electrons. The van der Waals surface area contributed by atoms with Gasteiger partial charge in [-0.25, -0.2) is 0 Å². The van der Waals surface area contributed by atoms with Gasteiger partial charge < -0.3 is 33.2 Å². The van der Waals surface area contributed by atoms with Gasteiger partial charge in [-0.3, -0.25) is 19.2 Å². The number of methoxy groups -OCH3 is 1. The summed E-state index contributed by atoms with van der Waals surface area (Å²) in [6.07, 6.45) is -3.64. The summed E-state index contributed by atoms with van der Waals surface area (Å²) in [7, 11) is 1.31. The van der Waals surface area contributed by atoms with E-state index < -0.39 is 54.1 Å². The normalized spacial score (nSPS) is 22.9. The van der Waals surface area contributed by atoms with E-state index in [1.54, 1.807) is 12.1 Å². The Morgan fingerprint density at radius 3 is 2.00 bits per heavy atom. The number of hydrogen-bond donors (Lipinski definition) is 0. The van der Waals surface area contributed by atoms with Crippen molar-refractivity contribution >= 4 is 35.5 Å². The maximum absolute atomic E-state index is 12.2. The highest BCUT2D eigenvalue weighted by Crippen LogP contribution is 2.39. The molecule has 3 rings (SSSR count). The Hall–Kier alpha value is -3.67. The van der Waals surface area contributed by atoms with E-state index in [9.17, 15) is 19.2 Å². The topological polar surface area (TPSA) is 133 Å². The van der Waals surface area contributed by atoms with Crippen molar-refractivity contribution in [3.63, 3.8) is 0 Å². The van der Waals surface area contributed by atoms with E-state index in [4.69, 9.17) is 44.8 Å². The Balaban J connectivity index is 1.84. The van der Waals surface area contributed by atoms with Gasteiger partial charge in [0.2, 0.25) is 5.79 Å². The molecule has 240 valence electrons. The average molecular weight is 635 g/mol. The lowest BCUT2D eigenvalue weighted by Gasteiger charge is -2.50. The van der Waals surface area contributed by atoms with Crippen LogP contribution in [-0.4, -0.2) is 74.4 Å². The van der Waals surface area contributed by atoms with Gasteiger partial charge in [0.15, 0.2) is 18.3 Å². The second-order valence-corrected chi connectivity index (χ2v) is 10.8. The molecule has 0 spiro atoms. The molecule has 1 saturated heterocycles. The quantitative estimate of drug-likeness (QED) is 0.230. The van der Waals surface area contributed by atoms with Gasteiger partial charge in [-0.1, -0.05) is 48.9 Å². The molecule has 1 heterocycles. The van der Waals surface area contributed by atoms with Crippen molar-refractivity contribution in [2.24, 2.45) is 0 Å². The zero-order valence-corrected chi connectivity index (χ0v) is 26.5. The molecule has 0 unspecified atom stereocenters. The van der Waals surface area contributed by atoms with Crippen LogP contribution in [0.2, 0.25) is 5.02 Å². The lowest BCUT2D eigenvalue weighted by Crippen LogP contribution is -2.69. The van der Waals surface area contributed by atoms with E-state index in [-0.39, 0.29) is 19.6 Å². The van der Waals surface area contributed by atoms with Crippen molar-refractivity contribution in [2.45, 2.75) is 84.1 Å². The van der Waals surface area contributed by atoms with Crippen LogP contribution < -0.4 is 4.74 Å². The molecule has 44 heavy (non-hydrogen) atoms. The maximum Gasteiger partial charge on any atom is 0.303 e. The zero-order valence-electron chi connectivity index (χ0n) is 25.8. The summed E-state index contributed by atoms with van der Waals surface area (Å²) < 4.78 is 39.6. The van der Waals surface area contributed by atoms with Gasteiger partial charge in [-0.2, -0.15) is 0 Å². The van der Waals surface area contributed by atoms with E-state index in [1.165, 1.54) is 19.6 Å². The molecule has 0 aromatic heterocycles. The molecule has 12 heteroatoms. The minimum Gasteiger partial charge on any atom is -0.493 e. The fraction of sp³-hybridized carbons (Fsp3) is 0.500. The van der Waals surface area contributed by atoms with E-state index in [2.05, 4.69) is 31.2 Å². The van der Waals surface area contributed by atoms with Crippen molar-refractivity contribution < 1.29 is 52.3 Å². The third-order valence-corrected chi connectivity index (χ3v) is 7.39. The molecule has 0 saturated carbocycles. The SMILES string of the molecule is CCc1ccc(Cc2ccc(OCC[C@]3(OC)O[C@H](COC(C)=O)[C@@H](OC(C)=O)[C@H](OC(C)=O)[C@H]3OC(C)=O)cc2Cl)cc1. The van der Waals surface area contributed by atoms with Crippen molar-refractivity contribution in [1.29, 1.82) is 0 Å². The summed E-state index contributed by atoms with van der Waals surface area (Å²) in [6.45, 7) is 6.37. The van der Waals surface area contributed by atoms with Gasteiger partial charge in [-0.05, 0) is 41.7 Å². The molecule has 2 aromatic rings. The smallest absolute Gasteiger partial charge is 0.303 e. The monoisotopic (exact) mass is 634 g/mol. The van der Waals surface area contributed by atoms with Crippen molar-refractivity contribution in [1.82, 2.24) is 0 Å². The van der Waals surface area contributed by atoms with Crippen LogP contribution in [0.1, 0.15) is 57.7 Å². The zero-order chi connectivity index (χ0) is 32.4. The second kappa shape index (κ2) is 15.9. The Bertz CT molecular complexity index is 1310. The Morgan fingerprint density at radius 2 is 1.45 bits per heavy atom. The van der Waals surface area contributed by atoms with Crippen LogP contribution in [0.4, 0.5) is 0 Å². The largest absolute Gasteiger partial charge is 0.493 e. The van der Waals surface area contributed by atoms with Crippen LogP contribution >= 0.6 is 11.6 Å². The number of halogens is 1. The summed E-state index contributed by atoms with van der Waals surface area (Å²) >= 11 is 6.59. The molecule has 2 aromatic carbocycles. The number of esters is 4. The number of aryl methyl sites for hydroxylation is 1. The number of carbonyl (C=O) groups excluding carboxylic acids is 4. The van der Waals surface area contributed by atoms with Gasteiger partial charge in [0, 0.05) is 46.2 Å². The van der Waals surface area contributed by atoms with Gasteiger partial charge in [0.25, 0.3) is 0 Å². The molecule has 1 fully saturated rings. The van der Waals surface area contributed by atoms with Gasteiger partial charge in [0.05, 0.1) is 6.61 Å². The standard InChI is InChI=1S/C32H39ClO11/c1-7-23-8-10-24(11-9-23)16-25-12-13-26(17-27(25)33)39-15-14-32(38-6)31(43-22(5)37)30(42-21(4)36)29(41-20(3)35)28(44-32)18-40-19(2)34/h8-13,17,28-31H,7,14-16,18H2,1-6H3/t28-,29-,30+,31-,32+/m1/s1. The molecule has 0 N–H and O–H groups in total. The summed E-state index contributed by atoms with van der Waals surface area (Å²) in [5.41, 5.74) is 3.31. The lowest BCUT2D eigenvalue weighted by molar-refractivity contribution is -0.362. The van der Waals surface area contributed by atoms with Crippen LogP contribution in [0.15, 0.2) is 42.5 Å². The van der Waals surface area contributed by atoms with Crippen LogP contribution in [0, 0.1) is 0 Å². The summed E-state index contributed by atoms with van der Waals surface area (Å²) in [5, 5.41) is 0.524. The number of ether oxygens (including phenoxy) is 7. The molecule has 5 atom stereocenters. The second-order valence-electron chi connectivity index (χ2n) is 10.4. The number of benzene rings is 2. The highest BCUT2D eigenvalue weighted by molar-refractivity contribution is 6.31. The first kappa shape index (κ1) is 34.8. The Kier molecular flexibility index (Phi) is 12.6. The fourth-order valence-corrected chi connectivity index (χ4v) is 5.23. The third kappa shape index (κ3) is 9.41. The van der Waals surface area contributed by atoms with Crippen molar-refractivity contribution in [3.8, 4) is 5.75 Å². The van der Waals surface area contributed by atoms with Crippen LogP contribution in [0.3, 0.4) is 0 Å². The molecule has 0 aliphatic carbocycles. The summed E-state index contributed by atoms with van der Waals surface area (Å²) in [6, 6.07) is 13.7. The van der Waals surface area contributed by atoms with Crippen molar-refractivity contribution in [3.05, 3.63) is 64.2 Å². The predicted octanol–water partition coefficient (Wildman–Crippen LogP) is 4.36. The molecule has 0 amide bonds. The summed E-state index contributed by atoms with van der Waals surface area (Å²) in [4.78, 5) is 48.0. The first-order chi connectivity index (χ1) is 20.9. The van der Waals surface area contributed by atoms with Gasteiger partial charge >= 0.3 is 23.9 Å². The van der Waals surface area contributed by atoms with Crippen LogP contribution in [-0.2, 0) is 60.4 Å². The van der Waals surface area contributed by atoms with Crippen LogP contribution in [0.5, 0.6) is 5.75 Å². The molecule has 1 aliphatic heterocycles. The third-order valence-electron chi connectivity index (χ3n) is 7.04. The fourth-order valence-electron chi connectivity index (χ4n) is 5.00. The van der Waals surface area contributed by atoms with Gasteiger partial charge in [0.1, 0.15) is 18.5 Å². The minimum atomic E-state index is -1.76. The Morgan fingerprint density at radius 1 is 0.841 bits per heavy atom. The molecule has 1 aliphatic rings. The predicted molar refractivity (Wildman–Crippen MR) is 158 cm³/mol. The van der Waals surface area contributed by atoms with E-state index in [0.717, 1.165) is 38.3 Å². The molecule has 11 nitrogen and oxygen atoms in total. The molecular weight excluding hydrogens is 596 g/mol. The summed E-state index contributed by atoms with van der Waals surface area (Å²) in [5.74, 6) is -4.11. The highest BCUT2D eigenvalue weighted by Gasteiger charge is 2.60. The first-order valence-electron chi connectivity index (χ1n) is 14.2. The van der Waals surface area contributed by atoms with Crippen LogP contribution in [0.25, 0.3) is 0 Å². The van der Waals surface area contributed by atoms with Gasteiger partial charge in [-0.15, -0.1) is 0 Å². The molecular formula is C32H39ClO11. The molecule has 0 bridgehead atoms. The minimum absolute atomic E-state index is 0.0227. The maximum atomic E-state index is 12.2. The first-order valence-corrected chi connectivity index (χ1v) is 14.6. The van der Waals surface area contributed by atoms with E-state index in [1.807, 2.05) is 6.07 Å². The van der Waals surface area contributed by atoms with Crippen molar-refractivity contribution in [2.75, 3.05) is 20.3 Å². The highest BCUT2D eigenvalue weighted by atomic mass is 35.5.